The van der Waals surface area contributed by atoms with E-state index in [1.807, 2.05) is 0 Å². The molecule has 1 aliphatic carbocycles. The standard InChI is InChI=1S/C14H16N2O5/c17-12(16-11-2-1-9(7-11)14(19)20)3-5-15-13(18)10-4-6-21-8-10/h1-2,4,6,8-9,11H,3,5,7H2,(H,15,18)(H,16,17)(H,19,20). The molecule has 0 aliphatic heterocycles. The van der Waals surface area contributed by atoms with E-state index >= 15 is 0 Å². The summed E-state index contributed by atoms with van der Waals surface area (Å²) in [4.78, 5) is 34.0. The highest BCUT2D eigenvalue weighted by Crippen LogP contribution is 2.17. The van der Waals surface area contributed by atoms with Crippen LogP contribution in [0.3, 0.4) is 0 Å². The van der Waals surface area contributed by atoms with Crippen LogP contribution in [0.5, 0.6) is 0 Å². The Morgan fingerprint density at radius 1 is 1.33 bits per heavy atom. The highest BCUT2D eigenvalue weighted by Gasteiger charge is 2.25. The molecule has 3 N–H and O–H groups in total. The molecule has 0 aromatic carbocycles. The van der Waals surface area contributed by atoms with Gasteiger partial charge in [-0.2, -0.15) is 0 Å². The van der Waals surface area contributed by atoms with Crippen LogP contribution in [0.4, 0.5) is 0 Å². The largest absolute Gasteiger partial charge is 0.481 e. The van der Waals surface area contributed by atoms with Crippen molar-refractivity contribution in [1.82, 2.24) is 10.6 Å². The summed E-state index contributed by atoms with van der Waals surface area (Å²) >= 11 is 0. The zero-order chi connectivity index (χ0) is 15.2. The molecule has 112 valence electrons. The maximum absolute atomic E-state index is 11.7. The first-order valence-electron chi connectivity index (χ1n) is 6.57. The van der Waals surface area contributed by atoms with E-state index in [0.29, 0.717) is 12.0 Å². The Balaban J connectivity index is 1.66. The number of hydrogen-bond acceptors (Lipinski definition) is 4. The quantitative estimate of drug-likeness (QED) is 0.663. The fraction of sp³-hybridized carbons (Fsp3) is 0.357. The molecule has 2 atom stereocenters. The van der Waals surface area contributed by atoms with E-state index in [2.05, 4.69) is 10.6 Å². The number of carboxylic acid groups (broad SMARTS) is 1. The monoisotopic (exact) mass is 292 g/mol. The molecular weight excluding hydrogens is 276 g/mol. The maximum atomic E-state index is 11.7. The molecule has 0 fully saturated rings. The number of carbonyl (C=O) groups excluding carboxylic acids is 2. The van der Waals surface area contributed by atoms with Gasteiger partial charge in [-0.1, -0.05) is 12.2 Å². The van der Waals surface area contributed by atoms with E-state index in [-0.39, 0.29) is 30.8 Å². The molecule has 2 amide bonds. The second-order valence-corrected chi connectivity index (χ2v) is 4.76. The summed E-state index contributed by atoms with van der Waals surface area (Å²) in [7, 11) is 0. The molecule has 7 heteroatoms. The number of aliphatic carboxylic acids is 1. The SMILES string of the molecule is O=C(CCNC(=O)c1ccoc1)NC1C=CC(C(=O)O)C1. The molecule has 1 aromatic rings. The molecule has 2 unspecified atom stereocenters. The summed E-state index contributed by atoms with van der Waals surface area (Å²) in [6.07, 6.45) is 6.47. The Hall–Kier alpha value is -2.57. The lowest BCUT2D eigenvalue weighted by atomic mass is 10.1. The van der Waals surface area contributed by atoms with E-state index in [1.54, 1.807) is 12.2 Å². The Labute approximate surface area is 121 Å². The predicted octanol–water partition coefficient (Wildman–Crippen LogP) is 0.545. The van der Waals surface area contributed by atoms with Gasteiger partial charge in [0.25, 0.3) is 5.91 Å². The minimum Gasteiger partial charge on any atom is -0.481 e. The van der Waals surface area contributed by atoms with Crippen molar-refractivity contribution >= 4 is 17.8 Å². The van der Waals surface area contributed by atoms with Crippen LogP contribution in [-0.2, 0) is 9.59 Å². The van der Waals surface area contributed by atoms with Crippen molar-refractivity contribution in [2.24, 2.45) is 5.92 Å². The van der Waals surface area contributed by atoms with Crippen molar-refractivity contribution in [3.05, 3.63) is 36.3 Å². The fourth-order valence-corrected chi connectivity index (χ4v) is 2.05. The van der Waals surface area contributed by atoms with Gasteiger partial charge in [-0.05, 0) is 12.5 Å². The Kier molecular flexibility index (Phi) is 4.76. The number of carbonyl (C=O) groups is 3. The molecular formula is C14H16N2O5. The van der Waals surface area contributed by atoms with Gasteiger partial charge in [0.15, 0.2) is 0 Å². The van der Waals surface area contributed by atoms with Crippen molar-refractivity contribution in [1.29, 1.82) is 0 Å². The van der Waals surface area contributed by atoms with E-state index in [4.69, 9.17) is 9.52 Å². The number of rotatable bonds is 6. The highest BCUT2D eigenvalue weighted by atomic mass is 16.4. The van der Waals surface area contributed by atoms with E-state index in [1.165, 1.54) is 18.6 Å². The van der Waals surface area contributed by atoms with Crippen molar-refractivity contribution in [3.63, 3.8) is 0 Å². The molecule has 21 heavy (non-hydrogen) atoms. The molecule has 1 aromatic heterocycles. The van der Waals surface area contributed by atoms with Gasteiger partial charge in [-0.3, -0.25) is 14.4 Å². The van der Waals surface area contributed by atoms with Crippen molar-refractivity contribution in [2.75, 3.05) is 6.54 Å². The van der Waals surface area contributed by atoms with Crippen LogP contribution < -0.4 is 10.6 Å². The Bertz CT molecular complexity index is 550. The lowest BCUT2D eigenvalue weighted by Gasteiger charge is -2.12. The van der Waals surface area contributed by atoms with Gasteiger partial charge in [0.1, 0.15) is 6.26 Å². The van der Waals surface area contributed by atoms with Gasteiger partial charge in [-0.25, -0.2) is 0 Å². The third-order valence-electron chi connectivity index (χ3n) is 3.17. The lowest BCUT2D eigenvalue weighted by molar-refractivity contribution is -0.140. The van der Waals surface area contributed by atoms with Crippen molar-refractivity contribution in [2.45, 2.75) is 18.9 Å². The summed E-state index contributed by atoms with van der Waals surface area (Å²) in [5, 5.41) is 14.1. The molecule has 2 rings (SSSR count). The van der Waals surface area contributed by atoms with Crippen molar-refractivity contribution < 1.29 is 23.9 Å². The molecule has 0 saturated heterocycles. The second-order valence-electron chi connectivity index (χ2n) is 4.76. The number of furan rings is 1. The number of carboxylic acids is 1. The minimum absolute atomic E-state index is 0.131. The van der Waals surface area contributed by atoms with Gasteiger partial charge >= 0.3 is 5.97 Å². The average Bonchev–Trinajstić information content (AvgIpc) is 3.09. The summed E-state index contributed by atoms with van der Waals surface area (Å²) < 4.78 is 4.79. The zero-order valence-electron chi connectivity index (χ0n) is 11.2. The van der Waals surface area contributed by atoms with Crippen molar-refractivity contribution in [3.8, 4) is 0 Å². The summed E-state index contributed by atoms with van der Waals surface area (Å²) in [6.45, 7) is 0.203. The van der Waals surface area contributed by atoms with Crippen LogP contribution in [0, 0.1) is 5.92 Å². The predicted molar refractivity (Wildman–Crippen MR) is 72.5 cm³/mol. The van der Waals surface area contributed by atoms with Gasteiger partial charge in [0, 0.05) is 19.0 Å². The van der Waals surface area contributed by atoms with Gasteiger partial charge in [0.05, 0.1) is 17.7 Å². The Morgan fingerprint density at radius 3 is 2.76 bits per heavy atom. The van der Waals surface area contributed by atoms with Crippen LogP contribution in [0.25, 0.3) is 0 Å². The van der Waals surface area contributed by atoms with Gasteiger partial charge in [0.2, 0.25) is 5.91 Å². The molecule has 1 aliphatic rings. The lowest BCUT2D eigenvalue weighted by Crippen LogP contribution is -2.36. The zero-order valence-corrected chi connectivity index (χ0v) is 11.2. The molecule has 0 spiro atoms. The fourth-order valence-electron chi connectivity index (χ4n) is 2.05. The molecule has 7 nitrogen and oxygen atoms in total. The van der Waals surface area contributed by atoms with Crippen LogP contribution in [0.2, 0.25) is 0 Å². The number of hydrogen-bond donors (Lipinski definition) is 3. The van der Waals surface area contributed by atoms with Crippen LogP contribution in [0.15, 0.2) is 35.2 Å². The molecule has 0 bridgehead atoms. The number of amides is 2. The third-order valence-corrected chi connectivity index (χ3v) is 3.17. The Morgan fingerprint density at radius 2 is 2.14 bits per heavy atom. The van der Waals surface area contributed by atoms with Crippen LogP contribution >= 0.6 is 0 Å². The van der Waals surface area contributed by atoms with Gasteiger partial charge < -0.3 is 20.2 Å². The first-order valence-corrected chi connectivity index (χ1v) is 6.57. The first kappa shape index (κ1) is 14.8. The molecule has 0 saturated carbocycles. The van der Waals surface area contributed by atoms with Crippen LogP contribution in [-0.4, -0.2) is 35.5 Å². The summed E-state index contributed by atoms with van der Waals surface area (Å²) in [5.74, 6) is -1.97. The second kappa shape index (κ2) is 6.74. The smallest absolute Gasteiger partial charge is 0.310 e. The first-order chi connectivity index (χ1) is 10.1. The van der Waals surface area contributed by atoms with Gasteiger partial charge in [-0.15, -0.1) is 0 Å². The summed E-state index contributed by atoms with van der Waals surface area (Å²) in [5.41, 5.74) is 0.401. The van der Waals surface area contributed by atoms with E-state index < -0.39 is 11.9 Å². The minimum atomic E-state index is -0.893. The van der Waals surface area contributed by atoms with Crippen LogP contribution in [0.1, 0.15) is 23.2 Å². The third kappa shape index (κ3) is 4.20. The normalized spacial score (nSPS) is 20.2. The molecule has 0 radical (unpaired) electrons. The summed E-state index contributed by atoms with van der Waals surface area (Å²) in [6, 6.07) is 1.27. The number of nitrogens with one attached hydrogen (secondary N) is 2. The topological polar surface area (TPSA) is 109 Å². The highest BCUT2D eigenvalue weighted by molar-refractivity contribution is 5.94. The average molecular weight is 292 g/mol. The molecule has 1 heterocycles. The van der Waals surface area contributed by atoms with E-state index in [9.17, 15) is 14.4 Å². The van der Waals surface area contributed by atoms with E-state index in [0.717, 1.165) is 0 Å². The maximum Gasteiger partial charge on any atom is 0.310 e.